The molecule has 1 rings (SSSR count). The van der Waals surface area contributed by atoms with Crippen LogP contribution in [0.2, 0.25) is 0 Å². The van der Waals surface area contributed by atoms with E-state index in [9.17, 15) is 0 Å². The number of allylic oxidation sites excluding steroid dienone is 2. The smallest absolute Gasteiger partial charge is 0.122 e. The average Bonchev–Trinajstić information content (AvgIpc) is 2.27. The quantitative estimate of drug-likeness (QED) is 0.717. The van der Waals surface area contributed by atoms with Gasteiger partial charge in [0, 0.05) is 4.47 Å². The van der Waals surface area contributed by atoms with Gasteiger partial charge in [0.25, 0.3) is 0 Å². The molecule has 0 bridgehead atoms. The number of hydrogen-bond donors (Lipinski definition) is 0. The molecule has 1 nitrogen and oxygen atoms in total. The van der Waals surface area contributed by atoms with E-state index >= 15 is 0 Å². The van der Waals surface area contributed by atoms with Gasteiger partial charge < -0.3 is 4.74 Å². The third-order valence-electron chi connectivity index (χ3n) is 2.48. The fourth-order valence-electron chi connectivity index (χ4n) is 1.69. The van der Waals surface area contributed by atoms with Crippen molar-refractivity contribution < 1.29 is 4.74 Å². The summed E-state index contributed by atoms with van der Waals surface area (Å²) in [7, 11) is 1.72. The van der Waals surface area contributed by atoms with Gasteiger partial charge in [-0.2, -0.15) is 0 Å². The minimum atomic E-state index is 0.545. The summed E-state index contributed by atoms with van der Waals surface area (Å²) in [6.07, 6.45) is 6.59. The topological polar surface area (TPSA) is 9.23 Å². The predicted octanol–water partition coefficient (Wildman–Crippen LogP) is 4.60. The Morgan fingerprint density at radius 1 is 1.44 bits per heavy atom. The number of rotatable bonds is 5. The van der Waals surface area contributed by atoms with E-state index in [0.29, 0.717) is 5.92 Å². The Kier molecular flexibility index (Phi) is 5.61. The molecule has 1 atom stereocenters. The molecule has 0 heterocycles. The van der Waals surface area contributed by atoms with E-state index in [-0.39, 0.29) is 0 Å². The van der Waals surface area contributed by atoms with Crippen LogP contribution in [0.3, 0.4) is 0 Å². The second-order valence-electron chi connectivity index (χ2n) is 3.97. The molecule has 1 aromatic rings. The maximum Gasteiger partial charge on any atom is 0.122 e. The Morgan fingerprint density at radius 2 is 2.19 bits per heavy atom. The Bertz CT molecular complexity index is 358. The third kappa shape index (κ3) is 4.01. The molecule has 0 saturated carbocycles. The highest BCUT2D eigenvalue weighted by Gasteiger charge is 2.06. The van der Waals surface area contributed by atoms with E-state index in [2.05, 4.69) is 48.0 Å². The van der Waals surface area contributed by atoms with E-state index in [1.807, 2.05) is 12.1 Å². The van der Waals surface area contributed by atoms with Crippen molar-refractivity contribution in [3.8, 4) is 5.75 Å². The lowest BCUT2D eigenvalue weighted by atomic mass is 10.00. The second kappa shape index (κ2) is 6.74. The molecule has 1 unspecified atom stereocenters. The van der Waals surface area contributed by atoms with Crippen LogP contribution in [0.15, 0.2) is 34.8 Å². The van der Waals surface area contributed by atoms with Crippen LogP contribution in [0.5, 0.6) is 5.75 Å². The molecule has 0 amide bonds. The molecule has 0 fully saturated rings. The van der Waals surface area contributed by atoms with Crippen LogP contribution in [-0.4, -0.2) is 7.11 Å². The molecular formula is C14H19BrO. The zero-order valence-corrected chi connectivity index (χ0v) is 11.8. The lowest BCUT2D eigenvalue weighted by Crippen LogP contribution is -1.99. The summed E-state index contributed by atoms with van der Waals surface area (Å²) in [6, 6.07) is 6.15. The molecule has 0 aliphatic rings. The first-order chi connectivity index (χ1) is 7.67. The molecule has 0 aliphatic carbocycles. The van der Waals surface area contributed by atoms with Crippen molar-refractivity contribution in [1.29, 1.82) is 0 Å². The molecule has 0 aliphatic heterocycles. The van der Waals surface area contributed by atoms with Crippen molar-refractivity contribution in [2.75, 3.05) is 7.11 Å². The average molecular weight is 283 g/mol. The predicted molar refractivity (Wildman–Crippen MR) is 73.0 cm³/mol. The van der Waals surface area contributed by atoms with Crippen molar-refractivity contribution in [3.05, 3.63) is 40.4 Å². The van der Waals surface area contributed by atoms with Gasteiger partial charge in [-0.15, -0.1) is 0 Å². The van der Waals surface area contributed by atoms with Crippen LogP contribution in [0.25, 0.3) is 0 Å². The van der Waals surface area contributed by atoms with Gasteiger partial charge in [-0.3, -0.25) is 0 Å². The minimum Gasteiger partial charge on any atom is -0.496 e. The van der Waals surface area contributed by atoms with E-state index < -0.39 is 0 Å². The van der Waals surface area contributed by atoms with Gasteiger partial charge >= 0.3 is 0 Å². The second-order valence-corrected chi connectivity index (χ2v) is 4.89. The van der Waals surface area contributed by atoms with Gasteiger partial charge in [0.1, 0.15) is 5.75 Å². The molecule has 0 N–H and O–H groups in total. The minimum absolute atomic E-state index is 0.545. The van der Waals surface area contributed by atoms with Crippen LogP contribution in [-0.2, 0) is 6.42 Å². The van der Waals surface area contributed by atoms with Crippen LogP contribution >= 0.6 is 15.9 Å². The lowest BCUT2D eigenvalue weighted by molar-refractivity contribution is 0.407. The zero-order chi connectivity index (χ0) is 12.0. The summed E-state index contributed by atoms with van der Waals surface area (Å²) in [4.78, 5) is 0. The molecule has 2 heteroatoms. The van der Waals surface area contributed by atoms with Crippen LogP contribution in [0.4, 0.5) is 0 Å². The summed E-state index contributed by atoms with van der Waals surface area (Å²) in [5, 5.41) is 0. The summed E-state index contributed by atoms with van der Waals surface area (Å²) in [5.74, 6) is 1.52. The van der Waals surface area contributed by atoms with E-state index in [1.165, 1.54) is 5.56 Å². The van der Waals surface area contributed by atoms with Crippen molar-refractivity contribution in [3.63, 3.8) is 0 Å². The monoisotopic (exact) mass is 282 g/mol. The molecule has 0 saturated heterocycles. The molecule has 0 radical (unpaired) electrons. The van der Waals surface area contributed by atoms with Crippen LogP contribution in [0.1, 0.15) is 25.8 Å². The summed E-state index contributed by atoms with van der Waals surface area (Å²) < 4.78 is 6.47. The maximum atomic E-state index is 5.36. The molecule has 1 aromatic carbocycles. The number of methoxy groups -OCH3 is 1. The normalized spacial score (nSPS) is 13.0. The standard InChI is InChI=1S/C14H19BrO/c1-4-5-6-11(2)9-12-10-13(15)7-8-14(12)16-3/h5-8,10-11H,4,9H2,1-3H3/b6-5-. The zero-order valence-electron chi connectivity index (χ0n) is 10.2. The van der Waals surface area contributed by atoms with Gasteiger partial charge in [0.2, 0.25) is 0 Å². The summed E-state index contributed by atoms with van der Waals surface area (Å²) in [6.45, 7) is 4.38. The van der Waals surface area contributed by atoms with Crippen LogP contribution < -0.4 is 4.74 Å². The first-order valence-electron chi connectivity index (χ1n) is 5.66. The van der Waals surface area contributed by atoms with Crippen molar-refractivity contribution in [2.45, 2.75) is 26.7 Å². The van der Waals surface area contributed by atoms with Crippen molar-refractivity contribution in [1.82, 2.24) is 0 Å². The van der Waals surface area contributed by atoms with E-state index in [1.54, 1.807) is 7.11 Å². The first-order valence-corrected chi connectivity index (χ1v) is 6.45. The highest BCUT2D eigenvalue weighted by molar-refractivity contribution is 9.10. The molecule has 0 spiro atoms. The van der Waals surface area contributed by atoms with E-state index in [4.69, 9.17) is 4.74 Å². The molecule has 16 heavy (non-hydrogen) atoms. The number of hydrogen-bond acceptors (Lipinski definition) is 1. The Morgan fingerprint density at radius 3 is 2.81 bits per heavy atom. The molecular weight excluding hydrogens is 264 g/mol. The van der Waals surface area contributed by atoms with Gasteiger partial charge in [-0.25, -0.2) is 0 Å². The molecule has 0 aromatic heterocycles. The maximum absolute atomic E-state index is 5.36. The van der Waals surface area contributed by atoms with Crippen molar-refractivity contribution >= 4 is 15.9 Å². The van der Waals surface area contributed by atoms with Gasteiger partial charge in [0.15, 0.2) is 0 Å². The Labute approximate surface area is 107 Å². The van der Waals surface area contributed by atoms with Gasteiger partial charge in [-0.05, 0) is 42.5 Å². The highest BCUT2D eigenvalue weighted by atomic mass is 79.9. The fourth-order valence-corrected chi connectivity index (χ4v) is 2.10. The Hall–Kier alpha value is -0.760. The Balaban J connectivity index is 2.78. The number of benzene rings is 1. The largest absolute Gasteiger partial charge is 0.496 e. The molecule has 88 valence electrons. The van der Waals surface area contributed by atoms with Crippen LogP contribution in [0, 0.1) is 5.92 Å². The lowest BCUT2D eigenvalue weighted by Gasteiger charge is -2.11. The summed E-state index contributed by atoms with van der Waals surface area (Å²) in [5.41, 5.74) is 1.25. The number of ether oxygens (including phenoxy) is 1. The van der Waals surface area contributed by atoms with Gasteiger partial charge in [0.05, 0.1) is 7.11 Å². The van der Waals surface area contributed by atoms with Gasteiger partial charge in [-0.1, -0.05) is 41.9 Å². The third-order valence-corrected chi connectivity index (χ3v) is 2.98. The number of halogens is 1. The SMILES string of the molecule is CC/C=C\C(C)Cc1cc(Br)ccc1OC. The van der Waals surface area contributed by atoms with E-state index in [0.717, 1.165) is 23.1 Å². The van der Waals surface area contributed by atoms with Crippen molar-refractivity contribution in [2.24, 2.45) is 5.92 Å². The fraction of sp³-hybridized carbons (Fsp3) is 0.429. The summed E-state index contributed by atoms with van der Waals surface area (Å²) >= 11 is 3.49. The first kappa shape index (κ1) is 13.3. The highest BCUT2D eigenvalue weighted by Crippen LogP contribution is 2.25.